The first kappa shape index (κ1) is 17.9. The van der Waals surface area contributed by atoms with Gasteiger partial charge in [0.25, 0.3) is 5.91 Å². The Hall–Kier alpha value is -2.94. The molecule has 0 radical (unpaired) electrons. The van der Waals surface area contributed by atoms with Gasteiger partial charge in [-0.05, 0) is 24.6 Å². The van der Waals surface area contributed by atoms with Crippen molar-refractivity contribution < 1.29 is 19.1 Å². The van der Waals surface area contributed by atoms with Gasteiger partial charge in [0.15, 0.2) is 4.80 Å². The van der Waals surface area contributed by atoms with Crippen LogP contribution in [0.3, 0.4) is 0 Å². The average molecular weight is 374 g/mol. The highest BCUT2D eigenvalue weighted by atomic mass is 32.1. The Labute approximate surface area is 153 Å². The first-order valence-electron chi connectivity index (χ1n) is 7.76. The maximum absolute atomic E-state index is 12.6. The zero-order valence-corrected chi connectivity index (χ0v) is 15.7. The van der Waals surface area contributed by atoms with E-state index < -0.39 is 11.9 Å². The summed E-state index contributed by atoms with van der Waals surface area (Å²) in [4.78, 5) is 29.1. The number of hydrogen-bond acceptors (Lipinski definition) is 6. The first-order valence-corrected chi connectivity index (χ1v) is 8.58. The number of benzene rings is 1. The Balaban J connectivity index is 2.15. The van der Waals surface area contributed by atoms with Gasteiger partial charge in [-0.3, -0.25) is 14.3 Å². The lowest BCUT2D eigenvalue weighted by atomic mass is 10.2. The van der Waals surface area contributed by atoms with Crippen LogP contribution in [0.15, 0.2) is 29.4 Å². The minimum atomic E-state index is -0.489. The largest absolute Gasteiger partial charge is 0.479 e. The standard InChI is InChI=1S/C17H18N4O4S/c1-10-5-6-12-13(7-10)26-17(21(12)9-14(22)24-3)18-15(23)11-8-20(2)19-16(11)25-4/h5-8H,9H2,1-4H3. The number of carbonyl (C=O) groups excluding carboxylic acids is 2. The van der Waals surface area contributed by atoms with E-state index in [1.807, 2.05) is 25.1 Å². The van der Waals surface area contributed by atoms with E-state index in [4.69, 9.17) is 9.47 Å². The van der Waals surface area contributed by atoms with Crippen LogP contribution in [-0.4, -0.2) is 40.4 Å². The number of aryl methyl sites for hydroxylation is 2. The third-order valence-electron chi connectivity index (χ3n) is 3.77. The summed E-state index contributed by atoms with van der Waals surface area (Å²) in [5, 5.41) is 4.07. The highest BCUT2D eigenvalue weighted by molar-refractivity contribution is 7.16. The van der Waals surface area contributed by atoms with Crippen LogP contribution in [0, 0.1) is 6.92 Å². The number of nitrogens with zero attached hydrogens (tertiary/aromatic N) is 4. The van der Waals surface area contributed by atoms with Gasteiger partial charge in [0, 0.05) is 13.2 Å². The molecule has 0 unspecified atom stereocenters. The molecule has 1 amide bonds. The molecule has 0 atom stereocenters. The summed E-state index contributed by atoms with van der Waals surface area (Å²) in [5.74, 6) is -0.701. The lowest BCUT2D eigenvalue weighted by Crippen LogP contribution is -2.22. The molecule has 0 spiro atoms. The molecular formula is C17H18N4O4S. The van der Waals surface area contributed by atoms with Gasteiger partial charge < -0.3 is 14.0 Å². The van der Waals surface area contributed by atoms with E-state index in [-0.39, 0.29) is 18.0 Å². The fourth-order valence-electron chi connectivity index (χ4n) is 2.52. The maximum Gasteiger partial charge on any atom is 0.325 e. The van der Waals surface area contributed by atoms with Crippen LogP contribution < -0.4 is 9.54 Å². The number of esters is 1. The number of methoxy groups -OCH3 is 2. The number of amides is 1. The molecule has 0 bridgehead atoms. The smallest absolute Gasteiger partial charge is 0.325 e. The fraction of sp³-hybridized carbons (Fsp3) is 0.294. The van der Waals surface area contributed by atoms with Gasteiger partial charge in [0.1, 0.15) is 12.1 Å². The number of ether oxygens (including phenoxy) is 2. The second kappa shape index (κ2) is 7.12. The Morgan fingerprint density at radius 2 is 2.08 bits per heavy atom. The van der Waals surface area contributed by atoms with Crippen LogP contribution in [0.5, 0.6) is 5.88 Å². The third kappa shape index (κ3) is 3.38. The monoisotopic (exact) mass is 374 g/mol. The zero-order chi connectivity index (χ0) is 18.8. The number of thiazole rings is 1. The van der Waals surface area contributed by atoms with Crippen molar-refractivity contribution in [1.82, 2.24) is 14.3 Å². The van der Waals surface area contributed by atoms with Crippen LogP contribution >= 0.6 is 11.3 Å². The highest BCUT2D eigenvalue weighted by Gasteiger charge is 2.17. The minimum Gasteiger partial charge on any atom is -0.479 e. The van der Waals surface area contributed by atoms with Crippen molar-refractivity contribution in [3.63, 3.8) is 0 Å². The predicted octanol–water partition coefficient (Wildman–Crippen LogP) is 1.67. The Morgan fingerprint density at radius 3 is 2.77 bits per heavy atom. The van der Waals surface area contributed by atoms with Crippen molar-refractivity contribution in [3.8, 4) is 5.88 Å². The molecular weight excluding hydrogens is 356 g/mol. The second-order valence-corrected chi connectivity index (χ2v) is 6.67. The lowest BCUT2D eigenvalue weighted by Gasteiger charge is -2.03. The molecule has 2 aromatic heterocycles. The number of rotatable bonds is 4. The van der Waals surface area contributed by atoms with Crippen LogP contribution in [0.2, 0.25) is 0 Å². The molecule has 26 heavy (non-hydrogen) atoms. The van der Waals surface area contributed by atoms with E-state index in [0.717, 1.165) is 15.8 Å². The van der Waals surface area contributed by atoms with E-state index in [2.05, 4.69) is 10.1 Å². The fourth-order valence-corrected chi connectivity index (χ4v) is 3.65. The van der Waals surface area contributed by atoms with Gasteiger partial charge in [-0.1, -0.05) is 17.4 Å². The molecule has 0 saturated heterocycles. The van der Waals surface area contributed by atoms with Gasteiger partial charge in [-0.15, -0.1) is 5.10 Å². The molecule has 8 nitrogen and oxygen atoms in total. The van der Waals surface area contributed by atoms with Gasteiger partial charge in [-0.2, -0.15) is 4.99 Å². The molecule has 2 heterocycles. The van der Waals surface area contributed by atoms with Crippen molar-refractivity contribution in [1.29, 1.82) is 0 Å². The van der Waals surface area contributed by atoms with Crippen LogP contribution in [0.25, 0.3) is 10.2 Å². The summed E-state index contributed by atoms with van der Waals surface area (Å²) in [6.07, 6.45) is 1.55. The summed E-state index contributed by atoms with van der Waals surface area (Å²) in [7, 11) is 4.46. The SMILES string of the molecule is COC(=O)Cn1c(=NC(=O)c2cn(C)nc2OC)sc2cc(C)ccc21. The summed E-state index contributed by atoms with van der Waals surface area (Å²) >= 11 is 1.33. The van der Waals surface area contributed by atoms with Gasteiger partial charge in [-0.25, -0.2) is 0 Å². The van der Waals surface area contributed by atoms with Crippen molar-refractivity contribution in [2.45, 2.75) is 13.5 Å². The highest BCUT2D eigenvalue weighted by Crippen LogP contribution is 2.20. The quantitative estimate of drug-likeness (QED) is 0.648. The summed E-state index contributed by atoms with van der Waals surface area (Å²) in [6, 6.07) is 5.83. The Kier molecular flexibility index (Phi) is 4.90. The maximum atomic E-state index is 12.6. The number of carbonyl (C=O) groups is 2. The molecule has 0 aliphatic heterocycles. The van der Waals surface area contributed by atoms with Crippen LogP contribution in [0.4, 0.5) is 0 Å². The first-order chi connectivity index (χ1) is 12.4. The van der Waals surface area contributed by atoms with E-state index in [1.54, 1.807) is 17.8 Å². The number of hydrogen-bond donors (Lipinski definition) is 0. The molecule has 0 aliphatic rings. The molecule has 0 N–H and O–H groups in total. The molecule has 136 valence electrons. The lowest BCUT2D eigenvalue weighted by molar-refractivity contribution is -0.141. The molecule has 3 rings (SSSR count). The second-order valence-electron chi connectivity index (χ2n) is 5.66. The summed E-state index contributed by atoms with van der Waals surface area (Å²) in [5.41, 5.74) is 2.15. The molecule has 0 saturated carbocycles. The van der Waals surface area contributed by atoms with E-state index >= 15 is 0 Å². The van der Waals surface area contributed by atoms with Crippen LogP contribution in [0.1, 0.15) is 15.9 Å². The topological polar surface area (TPSA) is 87.7 Å². The molecule has 0 aliphatic carbocycles. The van der Waals surface area contributed by atoms with Crippen molar-refractivity contribution in [3.05, 3.63) is 40.3 Å². The summed E-state index contributed by atoms with van der Waals surface area (Å²) in [6.45, 7) is 1.95. The van der Waals surface area contributed by atoms with Gasteiger partial charge >= 0.3 is 5.97 Å². The molecule has 1 aromatic carbocycles. The minimum absolute atomic E-state index is 0.0319. The van der Waals surface area contributed by atoms with Crippen molar-refractivity contribution >= 4 is 33.4 Å². The number of fused-ring (bicyclic) bond motifs is 1. The van der Waals surface area contributed by atoms with Crippen molar-refractivity contribution in [2.24, 2.45) is 12.0 Å². The normalized spacial score (nSPS) is 11.8. The molecule has 3 aromatic rings. The van der Waals surface area contributed by atoms with Gasteiger partial charge in [0.05, 0.1) is 24.4 Å². The van der Waals surface area contributed by atoms with Crippen molar-refractivity contribution in [2.75, 3.05) is 14.2 Å². The van der Waals surface area contributed by atoms with Gasteiger partial charge in [0.2, 0.25) is 5.88 Å². The molecule has 9 heteroatoms. The zero-order valence-electron chi connectivity index (χ0n) is 14.8. The third-order valence-corrected chi connectivity index (χ3v) is 4.81. The van der Waals surface area contributed by atoms with E-state index in [1.165, 1.54) is 30.2 Å². The van der Waals surface area contributed by atoms with E-state index in [0.29, 0.717) is 4.80 Å². The number of aromatic nitrogens is 3. The predicted molar refractivity (Wildman–Crippen MR) is 96.2 cm³/mol. The summed E-state index contributed by atoms with van der Waals surface area (Å²) < 4.78 is 14.0. The van der Waals surface area contributed by atoms with Crippen LogP contribution in [-0.2, 0) is 23.1 Å². The Morgan fingerprint density at radius 1 is 1.31 bits per heavy atom. The molecule has 0 fully saturated rings. The Bertz CT molecular complexity index is 1060. The van der Waals surface area contributed by atoms with E-state index in [9.17, 15) is 9.59 Å². The average Bonchev–Trinajstić information content (AvgIpc) is 3.14.